The third-order valence-electron chi connectivity index (χ3n) is 10.2. The summed E-state index contributed by atoms with van der Waals surface area (Å²) in [5, 5.41) is 27.6. The molecule has 6 N–H and O–H groups in total. The molecule has 2 aromatic heterocycles. The van der Waals surface area contributed by atoms with Gasteiger partial charge in [-0.3, -0.25) is 19.2 Å². The van der Waals surface area contributed by atoms with E-state index in [2.05, 4.69) is 31.2 Å². The van der Waals surface area contributed by atoms with E-state index in [-0.39, 0.29) is 46.2 Å². The van der Waals surface area contributed by atoms with E-state index in [0.29, 0.717) is 37.9 Å². The molecular formula is C40H55N9O10. The van der Waals surface area contributed by atoms with Crippen molar-refractivity contribution < 1.29 is 43.3 Å². The van der Waals surface area contributed by atoms with E-state index >= 15 is 0 Å². The van der Waals surface area contributed by atoms with Gasteiger partial charge in [-0.1, -0.05) is 56.2 Å². The number of hydrogen-bond donors (Lipinski definition) is 5. The van der Waals surface area contributed by atoms with Crippen LogP contribution in [0.1, 0.15) is 76.7 Å². The van der Waals surface area contributed by atoms with E-state index in [4.69, 9.17) is 19.9 Å². The number of methoxy groups -OCH3 is 2. The van der Waals surface area contributed by atoms with Crippen molar-refractivity contribution in [2.75, 3.05) is 27.3 Å². The second-order valence-corrected chi connectivity index (χ2v) is 14.8. The zero-order chi connectivity index (χ0) is 43.4. The Balaban J connectivity index is 1.46. The number of hydrogen-bond acceptors (Lipinski definition) is 14. The Kier molecular flexibility index (Phi) is 16.6. The van der Waals surface area contributed by atoms with Gasteiger partial charge in [-0.2, -0.15) is 4.68 Å². The number of nitrogens with two attached hydrogens (primary N) is 1. The van der Waals surface area contributed by atoms with E-state index in [1.54, 1.807) is 26.0 Å². The number of aryl methyl sites for hydroxylation is 1. The van der Waals surface area contributed by atoms with Crippen LogP contribution in [0.2, 0.25) is 0 Å². The fraction of sp³-hybridized carbons (Fsp3) is 0.525. The van der Waals surface area contributed by atoms with Crippen LogP contribution < -0.4 is 27.4 Å². The molecule has 2 bridgehead atoms. The molecular weight excluding hydrogens is 766 g/mol. The molecule has 2 aliphatic rings. The number of ketones is 2. The first kappa shape index (κ1) is 45.9. The van der Waals surface area contributed by atoms with Crippen LogP contribution in [-0.4, -0.2) is 111 Å². The molecule has 3 heterocycles. The first-order valence-electron chi connectivity index (χ1n) is 19.4. The van der Waals surface area contributed by atoms with Crippen LogP contribution >= 0.6 is 0 Å². The Morgan fingerprint density at radius 2 is 1.76 bits per heavy atom. The molecule has 19 heteroatoms. The lowest BCUT2D eigenvalue weighted by molar-refractivity contribution is -0.120. The van der Waals surface area contributed by atoms with Crippen LogP contribution in [-0.2, 0) is 35.6 Å². The van der Waals surface area contributed by atoms with Crippen LogP contribution in [0, 0.1) is 11.8 Å². The maximum Gasteiger partial charge on any atom is 0.405 e. The predicted octanol–water partition coefficient (Wildman–Crippen LogP) is 1.48. The third-order valence-corrected chi connectivity index (χ3v) is 10.2. The molecule has 1 aliphatic carbocycles. The summed E-state index contributed by atoms with van der Waals surface area (Å²) in [6.45, 7) is 7.67. The Bertz CT molecular complexity index is 2110. The molecule has 0 unspecified atom stereocenters. The van der Waals surface area contributed by atoms with Crippen LogP contribution in [0.4, 0.5) is 4.79 Å². The maximum absolute atomic E-state index is 14.0. The average Bonchev–Trinajstić information content (AvgIpc) is 3.64. The molecule has 0 radical (unpaired) electrons. The Labute approximate surface area is 341 Å². The summed E-state index contributed by atoms with van der Waals surface area (Å²) in [5.41, 5.74) is 5.95. The number of rotatable bonds is 12. The van der Waals surface area contributed by atoms with Gasteiger partial charge in [0.15, 0.2) is 17.4 Å². The molecule has 0 saturated heterocycles. The van der Waals surface area contributed by atoms with E-state index in [0.717, 1.165) is 28.0 Å². The number of nitrogens with zero attached hydrogens (tertiary/aromatic N) is 5. The highest BCUT2D eigenvalue weighted by atomic mass is 16.6. The van der Waals surface area contributed by atoms with Gasteiger partial charge in [0.1, 0.15) is 12.4 Å². The summed E-state index contributed by atoms with van der Waals surface area (Å²) in [4.78, 5) is 81.6. The molecule has 3 amide bonds. The minimum atomic E-state index is -1.02. The molecule has 6 atom stereocenters. The van der Waals surface area contributed by atoms with Gasteiger partial charge in [-0.15, -0.1) is 5.10 Å². The number of nitrogens with one attached hydrogen (secondary N) is 3. The number of unbranched alkanes of at least 4 members (excludes halogenated alkanes) is 3. The molecule has 320 valence electrons. The monoisotopic (exact) mass is 821 g/mol. The van der Waals surface area contributed by atoms with Gasteiger partial charge in [-0.05, 0) is 51.0 Å². The highest BCUT2D eigenvalue weighted by Crippen LogP contribution is 2.29. The van der Waals surface area contributed by atoms with Crippen molar-refractivity contribution in [3.63, 3.8) is 0 Å². The van der Waals surface area contributed by atoms with Gasteiger partial charge >= 0.3 is 11.8 Å². The molecule has 0 fully saturated rings. The van der Waals surface area contributed by atoms with E-state index < -0.39 is 65.5 Å². The van der Waals surface area contributed by atoms with Crippen molar-refractivity contribution in [2.45, 2.75) is 90.6 Å². The lowest BCUT2D eigenvalue weighted by Gasteiger charge is -2.30. The zero-order valence-corrected chi connectivity index (χ0v) is 34.5. The topological polar surface area (TPSA) is 260 Å². The maximum atomic E-state index is 14.0. The van der Waals surface area contributed by atoms with Gasteiger partial charge in [0.2, 0.25) is 11.6 Å². The van der Waals surface area contributed by atoms with Crippen LogP contribution in [0.3, 0.4) is 0 Å². The van der Waals surface area contributed by atoms with Gasteiger partial charge < -0.3 is 41.0 Å². The Morgan fingerprint density at radius 1 is 1.05 bits per heavy atom. The molecule has 2 aromatic rings. The number of Topliss-reactive ketones (excluding diaryl/α,β-unsaturated/α-hetero) is 1. The minimum Gasteiger partial charge on any atom is -0.439 e. The van der Waals surface area contributed by atoms with Crippen LogP contribution in [0.25, 0.3) is 5.65 Å². The molecule has 0 spiro atoms. The van der Waals surface area contributed by atoms with Crippen molar-refractivity contribution in [3.05, 3.63) is 81.0 Å². The number of imidazole rings is 1. The summed E-state index contributed by atoms with van der Waals surface area (Å²) in [7, 11) is 4.34. The van der Waals surface area contributed by atoms with Gasteiger partial charge in [-0.25, -0.2) is 19.0 Å². The van der Waals surface area contributed by atoms with E-state index in [1.807, 2.05) is 6.92 Å². The number of aliphatic hydroxyl groups is 1. The minimum absolute atomic E-state index is 0.00347. The second-order valence-electron chi connectivity index (χ2n) is 14.8. The number of primary amides is 1. The first-order valence-corrected chi connectivity index (χ1v) is 19.4. The number of ether oxygens (including phenoxy) is 3. The fourth-order valence-electron chi connectivity index (χ4n) is 6.92. The standard InChI is InChI=1S/C40H55N9O10/c1-22-17-26-31(42-15-10-8-9-11-16-43-38(54)32-36-46-47-48(5)40(56)49(36)21-44-32)28(50)20-27(34(26)52)45-37(53)23(2)13-12-14-29(57-6)35(59-39(41)55)25(4)19-24(3)33(51)30(18-22)58-7/h12-14,19-22,24,29-30,33,35,42,51H,8-11,15-18H2,1-7H3,(H2,41,55)(H,43,54)(H,45,53)/b14-12-,23-13+,25-19+/t22-,24+,29+,30+,33+,35+/m1/s1. The van der Waals surface area contributed by atoms with Crippen molar-refractivity contribution in [2.24, 2.45) is 24.6 Å². The van der Waals surface area contributed by atoms with Crippen molar-refractivity contribution in [1.82, 2.24) is 40.3 Å². The highest BCUT2D eigenvalue weighted by Gasteiger charge is 2.33. The summed E-state index contributed by atoms with van der Waals surface area (Å²) in [6, 6.07) is 0. The first-order chi connectivity index (χ1) is 28.1. The van der Waals surface area contributed by atoms with E-state index in [9.17, 15) is 33.9 Å². The normalized spacial score (nSPS) is 26.0. The number of carbonyl (C=O) groups is 5. The highest BCUT2D eigenvalue weighted by molar-refractivity contribution is 6.23. The molecule has 0 aromatic carbocycles. The van der Waals surface area contributed by atoms with Crippen LogP contribution in [0.5, 0.6) is 0 Å². The molecule has 1 aliphatic heterocycles. The Hall–Kier alpha value is -5.79. The third kappa shape index (κ3) is 11.9. The summed E-state index contributed by atoms with van der Waals surface area (Å²) in [6.07, 6.45) is 7.48. The number of fused-ring (bicyclic) bond motifs is 3. The smallest absolute Gasteiger partial charge is 0.405 e. The van der Waals surface area contributed by atoms with Crippen molar-refractivity contribution >= 4 is 35.1 Å². The Morgan fingerprint density at radius 3 is 2.44 bits per heavy atom. The predicted molar refractivity (Wildman–Crippen MR) is 214 cm³/mol. The van der Waals surface area contributed by atoms with E-state index in [1.165, 1.54) is 46.7 Å². The zero-order valence-electron chi connectivity index (χ0n) is 34.5. The van der Waals surface area contributed by atoms with Gasteiger partial charge in [0.05, 0.1) is 23.6 Å². The quantitative estimate of drug-likeness (QED) is 0.115. The fourth-order valence-corrected chi connectivity index (χ4v) is 6.92. The summed E-state index contributed by atoms with van der Waals surface area (Å²) >= 11 is 0. The SMILES string of the molecule is CO[C@H]1/C=C\C=C(/C)C(=O)NC2=CC(=O)C(NCCCCCCNC(=O)c3ncn4c(=O)n(C)nnc34)=C(C[C@@H](C)C[C@H](OC)[C@@H](O)[C@@H](C)/C=C(\C)[C@@H]1OC(N)=O)C2=O. The lowest BCUT2D eigenvalue weighted by atomic mass is 9.85. The molecule has 19 nitrogen and oxygen atoms in total. The largest absolute Gasteiger partial charge is 0.439 e. The lowest BCUT2D eigenvalue weighted by Crippen LogP contribution is -2.38. The number of carbonyl (C=O) groups excluding carboxylic acids is 5. The summed E-state index contributed by atoms with van der Waals surface area (Å²) in [5.74, 6) is -2.80. The van der Waals surface area contributed by atoms with Gasteiger partial charge in [0.25, 0.3) is 11.8 Å². The average molecular weight is 822 g/mol. The van der Waals surface area contributed by atoms with Crippen molar-refractivity contribution in [1.29, 1.82) is 0 Å². The molecule has 4 rings (SSSR count). The molecule has 59 heavy (non-hydrogen) atoms. The number of aromatic nitrogens is 5. The van der Waals surface area contributed by atoms with Gasteiger partial charge in [0, 0.05) is 57.5 Å². The number of amides is 3. The molecule has 0 saturated carbocycles. The summed E-state index contributed by atoms with van der Waals surface area (Å²) < 4.78 is 18.9. The number of allylic oxidation sites excluding steroid dienone is 4. The van der Waals surface area contributed by atoms with Crippen molar-refractivity contribution in [3.8, 4) is 0 Å². The number of aliphatic hydroxyl groups excluding tert-OH is 1. The van der Waals surface area contributed by atoms with Crippen LogP contribution in [0.15, 0.2) is 69.6 Å². The second kappa shape index (κ2) is 21.3.